The zero-order valence-corrected chi connectivity index (χ0v) is 25.2. The molecular weight excluding hydrogens is 543 g/mol. The molecule has 2 heterocycles. The summed E-state index contributed by atoms with van der Waals surface area (Å²) < 4.78 is 21.1. The van der Waals surface area contributed by atoms with Crippen molar-refractivity contribution in [3.05, 3.63) is 89.2 Å². The number of halogens is 1. The Kier molecular flexibility index (Phi) is 8.39. The van der Waals surface area contributed by atoms with Crippen LogP contribution in [0.4, 0.5) is 21.5 Å². The van der Waals surface area contributed by atoms with Crippen LogP contribution in [0.15, 0.2) is 66.7 Å². The van der Waals surface area contributed by atoms with Gasteiger partial charge in [-0.25, -0.2) is 4.39 Å². The van der Waals surface area contributed by atoms with E-state index in [1.54, 1.807) is 24.0 Å². The van der Waals surface area contributed by atoms with Gasteiger partial charge in [-0.1, -0.05) is 37.1 Å². The Morgan fingerprint density at radius 3 is 2.30 bits per heavy atom. The van der Waals surface area contributed by atoms with E-state index in [0.29, 0.717) is 36.9 Å². The molecule has 0 unspecified atom stereocenters. The summed E-state index contributed by atoms with van der Waals surface area (Å²) in [5.41, 5.74) is 4.23. The molecule has 0 radical (unpaired) electrons. The first-order valence-electron chi connectivity index (χ1n) is 15.4. The van der Waals surface area contributed by atoms with Crippen LogP contribution in [0, 0.1) is 24.6 Å². The van der Waals surface area contributed by atoms with E-state index < -0.39 is 23.7 Å². The summed E-state index contributed by atoms with van der Waals surface area (Å²) in [6.45, 7) is 2.58. The van der Waals surface area contributed by atoms with Gasteiger partial charge in [-0.05, 0) is 79.8 Å². The minimum absolute atomic E-state index is 0.0255. The van der Waals surface area contributed by atoms with E-state index in [1.165, 1.54) is 18.9 Å². The van der Waals surface area contributed by atoms with Crippen LogP contribution in [-0.4, -0.2) is 56.1 Å². The third kappa shape index (κ3) is 5.98. The van der Waals surface area contributed by atoms with Gasteiger partial charge in [-0.2, -0.15) is 0 Å². The number of fused-ring (bicyclic) bond motifs is 1. The first-order chi connectivity index (χ1) is 20.8. The number of likely N-dealkylation sites (tertiary alicyclic amines) is 1. The van der Waals surface area contributed by atoms with Gasteiger partial charge in [0, 0.05) is 43.1 Å². The Morgan fingerprint density at radius 2 is 1.63 bits per heavy atom. The smallest absolute Gasteiger partial charge is 0.257 e. The maximum Gasteiger partial charge on any atom is 0.257 e. The number of benzene rings is 3. The van der Waals surface area contributed by atoms with E-state index >= 15 is 4.39 Å². The molecule has 3 aromatic carbocycles. The number of aryl methyl sites for hydroxylation is 1. The van der Waals surface area contributed by atoms with Gasteiger partial charge >= 0.3 is 0 Å². The zero-order chi connectivity index (χ0) is 30.1. The first-order valence-corrected chi connectivity index (χ1v) is 15.4. The van der Waals surface area contributed by atoms with Crippen molar-refractivity contribution in [2.24, 2.45) is 11.8 Å². The maximum absolute atomic E-state index is 15.2. The minimum Gasteiger partial charge on any atom is -0.382 e. The predicted octanol–water partition coefficient (Wildman–Crippen LogP) is 6.41. The van der Waals surface area contributed by atoms with Gasteiger partial charge in [0.05, 0.1) is 36.8 Å². The van der Waals surface area contributed by atoms with Gasteiger partial charge in [0.25, 0.3) is 5.91 Å². The van der Waals surface area contributed by atoms with Crippen LogP contribution in [0.25, 0.3) is 0 Å². The van der Waals surface area contributed by atoms with Crippen molar-refractivity contribution in [3.63, 3.8) is 0 Å². The van der Waals surface area contributed by atoms with Crippen LogP contribution in [0.2, 0.25) is 0 Å². The number of anilines is 3. The van der Waals surface area contributed by atoms with Crippen LogP contribution in [0.1, 0.15) is 59.6 Å². The van der Waals surface area contributed by atoms with Crippen molar-refractivity contribution in [2.45, 2.75) is 57.2 Å². The number of hydrogen-bond acceptors (Lipinski definition) is 5. The standard InChI is InChI=1S/C35H41FN4O3/c1-22-7-6-10-30(36)32(22)35(42)40-31-21-43-20-24(31)19-29(34(41)38-27-15-17-28(18-16-27)39(2)3)33(40)23-11-13-26(14-12-23)37-25-8-4-5-9-25/h6-7,10-18,24-25,29,31,33,37H,4-5,8-9,19-21H2,1-3H3,(H,38,41)/t24-,29-,31+,33-/m1/s1. The van der Waals surface area contributed by atoms with E-state index in [0.717, 1.165) is 29.8 Å². The number of carbonyl (C=O) groups is 2. The molecule has 3 fully saturated rings. The van der Waals surface area contributed by atoms with Crippen molar-refractivity contribution < 1.29 is 18.7 Å². The molecule has 2 saturated heterocycles. The molecule has 2 N–H and O–H groups in total. The lowest BCUT2D eigenvalue weighted by Gasteiger charge is -2.47. The molecule has 2 amide bonds. The summed E-state index contributed by atoms with van der Waals surface area (Å²) >= 11 is 0. The van der Waals surface area contributed by atoms with Gasteiger partial charge in [0.15, 0.2) is 0 Å². The molecule has 7 nitrogen and oxygen atoms in total. The highest BCUT2D eigenvalue weighted by molar-refractivity contribution is 5.98. The fourth-order valence-corrected chi connectivity index (χ4v) is 7.09. The molecule has 3 aromatic rings. The fraction of sp³-hybridized carbons (Fsp3) is 0.429. The van der Waals surface area contributed by atoms with Gasteiger partial charge in [-0.3, -0.25) is 9.59 Å². The van der Waals surface area contributed by atoms with Gasteiger partial charge in [0.1, 0.15) is 5.82 Å². The summed E-state index contributed by atoms with van der Waals surface area (Å²) in [6, 6.07) is 20.1. The van der Waals surface area contributed by atoms with Crippen LogP contribution in [0.3, 0.4) is 0 Å². The molecule has 4 atom stereocenters. The van der Waals surface area contributed by atoms with Crippen molar-refractivity contribution >= 4 is 28.9 Å². The Bertz CT molecular complexity index is 1430. The van der Waals surface area contributed by atoms with E-state index in [9.17, 15) is 9.59 Å². The molecule has 0 aromatic heterocycles. The van der Waals surface area contributed by atoms with Crippen molar-refractivity contribution in [2.75, 3.05) is 42.8 Å². The number of piperidine rings is 1. The molecule has 2 aliphatic heterocycles. The van der Waals surface area contributed by atoms with E-state index in [-0.39, 0.29) is 23.4 Å². The number of nitrogens with zero attached hydrogens (tertiary/aromatic N) is 2. The monoisotopic (exact) mass is 584 g/mol. The third-order valence-corrected chi connectivity index (χ3v) is 9.40. The van der Waals surface area contributed by atoms with Gasteiger partial charge < -0.3 is 25.2 Å². The predicted molar refractivity (Wildman–Crippen MR) is 168 cm³/mol. The number of nitrogens with one attached hydrogen (secondary N) is 2. The van der Waals surface area contributed by atoms with Gasteiger partial charge in [-0.15, -0.1) is 0 Å². The van der Waals surface area contributed by atoms with E-state index in [2.05, 4.69) is 10.6 Å². The van der Waals surface area contributed by atoms with E-state index in [4.69, 9.17) is 4.74 Å². The lowest BCUT2D eigenvalue weighted by Crippen LogP contribution is -2.55. The quantitative estimate of drug-likeness (QED) is 0.336. The lowest BCUT2D eigenvalue weighted by atomic mass is 9.76. The number of amides is 2. The summed E-state index contributed by atoms with van der Waals surface area (Å²) in [4.78, 5) is 32.2. The number of ether oxygens (including phenoxy) is 1. The average Bonchev–Trinajstić information content (AvgIpc) is 3.69. The van der Waals surface area contributed by atoms with Crippen LogP contribution < -0.4 is 15.5 Å². The minimum atomic E-state index is -0.587. The van der Waals surface area contributed by atoms with Gasteiger partial charge in [0.2, 0.25) is 5.91 Å². The largest absolute Gasteiger partial charge is 0.382 e. The average molecular weight is 585 g/mol. The van der Waals surface area contributed by atoms with E-state index in [1.807, 2.05) is 67.5 Å². The highest BCUT2D eigenvalue weighted by Crippen LogP contribution is 2.46. The number of rotatable bonds is 7. The Morgan fingerprint density at radius 1 is 0.930 bits per heavy atom. The molecule has 6 rings (SSSR count). The van der Waals surface area contributed by atoms with Crippen LogP contribution in [-0.2, 0) is 9.53 Å². The normalized spacial score (nSPS) is 23.6. The van der Waals surface area contributed by atoms with Crippen LogP contribution in [0.5, 0.6) is 0 Å². The lowest BCUT2D eigenvalue weighted by molar-refractivity contribution is -0.124. The maximum atomic E-state index is 15.2. The second kappa shape index (κ2) is 12.4. The summed E-state index contributed by atoms with van der Waals surface area (Å²) in [7, 11) is 3.94. The van der Waals surface area contributed by atoms with Crippen molar-refractivity contribution in [1.29, 1.82) is 0 Å². The van der Waals surface area contributed by atoms with Crippen molar-refractivity contribution in [1.82, 2.24) is 4.90 Å². The Balaban J connectivity index is 1.37. The Hall–Kier alpha value is -3.91. The third-order valence-electron chi connectivity index (χ3n) is 9.40. The highest BCUT2D eigenvalue weighted by atomic mass is 19.1. The van der Waals surface area contributed by atoms with Crippen molar-refractivity contribution in [3.8, 4) is 0 Å². The molecule has 0 bridgehead atoms. The molecule has 1 saturated carbocycles. The topological polar surface area (TPSA) is 73.9 Å². The fourth-order valence-electron chi connectivity index (χ4n) is 7.09. The molecular formula is C35H41FN4O3. The zero-order valence-electron chi connectivity index (χ0n) is 25.2. The summed E-state index contributed by atoms with van der Waals surface area (Å²) in [5.74, 6) is -1.70. The highest BCUT2D eigenvalue weighted by Gasteiger charge is 2.51. The molecule has 1 aliphatic carbocycles. The first kappa shape index (κ1) is 29.2. The SMILES string of the molecule is Cc1cccc(F)c1C(=O)N1[C@H](c2ccc(NC3CCCC3)cc2)[C@H](C(=O)Nc2ccc(N(C)C)cc2)C[C@@H]2COC[C@@H]21. The summed E-state index contributed by atoms with van der Waals surface area (Å²) in [6.07, 6.45) is 5.37. The summed E-state index contributed by atoms with van der Waals surface area (Å²) in [5, 5.41) is 6.75. The Labute approximate surface area is 253 Å². The molecule has 8 heteroatoms. The molecule has 226 valence electrons. The number of hydrogen-bond donors (Lipinski definition) is 2. The molecule has 3 aliphatic rings. The second-order valence-corrected chi connectivity index (χ2v) is 12.5. The molecule has 0 spiro atoms. The second-order valence-electron chi connectivity index (χ2n) is 12.5. The number of carbonyl (C=O) groups excluding carboxylic acids is 2. The van der Waals surface area contributed by atoms with Crippen LogP contribution >= 0.6 is 0 Å². The molecule has 43 heavy (non-hydrogen) atoms.